The lowest BCUT2D eigenvalue weighted by Crippen LogP contribution is -2.42. The molecule has 0 bridgehead atoms. The van der Waals surface area contributed by atoms with Gasteiger partial charge in [0.05, 0.1) is 0 Å². The van der Waals surface area contributed by atoms with Crippen LogP contribution < -0.4 is 15.3 Å². The van der Waals surface area contributed by atoms with Gasteiger partial charge in [0.25, 0.3) is 5.52 Å². The number of aromatic nitrogens is 3. The molecule has 6 heteroatoms. The molecule has 64 valence electrons. The molecule has 2 radical (unpaired) electrons. The normalized spacial score (nSPS) is 10.5. The topological polar surface area (TPSA) is 89.1 Å². The average Bonchev–Trinajstić information content (AvgIpc) is 2.15. The van der Waals surface area contributed by atoms with E-state index in [9.17, 15) is 10.4 Å². The Labute approximate surface area is 73.0 Å². The molecule has 2 aromatic rings. The van der Waals surface area contributed by atoms with Gasteiger partial charge >= 0.3 is 5.95 Å². The van der Waals surface area contributed by atoms with Gasteiger partial charge in [0.2, 0.25) is 5.10 Å². The van der Waals surface area contributed by atoms with E-state index in [1.165, 1.54) is 12.1 Å². The van der Waals surface area contributed by atoms with Crippen LogP contribution in [0.4, 0.5) is 5.95 Å². The van der Waals surface area contributed by atoms with Gasteiger partial charge in [-0.25, -0.2) is 4.73 Å². The fraction of sp³-hybridized carbons (Fsp3) is 0. The van der Waals surface area contributed by atoms with Gasteiger partial charge in [-0.1, -0.05) is 12.1 Å². The summed E-state index contributed by atoms with van der Waals surface area (Å²) in [7, 11) is 0. The van der Waals surface area contributed by atoms with Crippen LogP contribution in [0.15, 0.2) is 24.3 Å². The maximum atomic E-state index is 11.1. The summed E-state index contributed by atoms with van der Waals surface area (Å²) in [5.74, 6) is -0.853. The average molecular weight is 176 g/mol. The van der Waals surface area contributed by atoms with E-state index in [1.807, 2.05) is 0 Å². The van der Waals surface area contributed by atoms with E-state index >= 15 is 0 Å². The number of rotatable bonds is 0. The lowest BCUT2D eigenvalue weighted by molar-refractivity contribution is -0.673. The highest BCUT2D eigenvalue weighted by Crippen LogP contribution is 2.03. The Hall–Kier alpha value is -2.11. The first-order valence-corrected chi connectivity index (χ1v) is 3.51. The van der Waals surface area contributed by atoms with E-state index in [0.29, 0.717) is 0 Å². The molecule has 0 aliphatic carbocycles. The molecular weight excluding hydrogens is 172 g/mol. The minimum Gasteiger partial charge on any atom is -0.739 e. The zero-order chi connectivity index (χ0) is 9.42. The van der Waals surface area contributed by atoms with Gasteiger partial charge in [-0.3, -0.25) is 0 Å². The third kappa shape index (κ3) is 0.994. The molecule has 1 aromatic heterocycles. The first-order chi connectivity index (χ1) is 6.20. The minimum absolute atomic E-state index is 0.0880. The Balaban J connectivity index is 2.97. The van der Waals surface area contributed by atoms with Crippen LogP contribution >= 0.6 is 0 Å². The van der Waals surface area contributed by atoms with Gasteiger partial charge in [0.15, 0.2) is 5.52 Å². The Morgan fingerprint density at radius 3 is 2.46 bits per heavy atom. The van der Waals surface area contributed by atoms with Crippen LogP contribution in [-0.2, 0) is 0 Å². The summed E-state index contributed by atoms with van der Waals surface area (Å²) in [5.41, 5.74) is 9.13. The predicted molar refractivity (Wildman–Crippen MR) is 41.5 cm³/mol. The number of benzene rings is 1. The standard InChI is InChI=1S/C7H4N4O2/c8-7-9-11(13)6-4-2-1-3-5(6)10(7)12/h1-4H. The summed E-state index contributed by atoms with van der Waals surface area (Å²) in [6.07, 6.45) is 0. The Morgan fingerprint density at radius 1 is 1.15 bits per heavy atom. The van der Waals surface area contributed by atoms with Crippen molar-refractivity contribution < 1.29 is 9.58 Å². The highest BCUT2D eigenvalue weighted by atomic mass is 16.5. The summed E-state index contributed by atoms with van der Waals surface area (Å²) < 4.78 is 0.198. The third-order valence-electron chi connectivity index (χ3n) is 1.67. The second-order valence-corrected chi connectivity index (χ2v) is 2.46. The molecule has 1 aromatic carbocycles. The SMILES string of the molecule is [N]c1n[n+]([O-])c2ccccc2[n+]1[O-]. The molecule has 0 saturated carbocycles. The Bertz CT molecular complexity index is 471. The van der Waals surface area contributed by atoms with Crippen molar-refractivity contribution >= 4 is 17.0 Å². The summed E-state index contributed by atoms with van der Waals surface area (Å²) in [4.78, 5) is 0.207. The van der Waals surface area contributed by atoms with Crippen LogP contribution in [-0.4, -0.2) is 5.10 Å². The molecule has 13 heavy (non-hydrogen) atoms. The van der Waals surface area contributed by atoms with E-state index in [4.69, 9.17) is 5.73 Å². The third-order valence-corrected chi connectivity index (χ3v) is 1.67. The smallest absolute Gasteiger partial charge is 0.537 e. The monoisotopic (exact) mass is 176 g/mol. The van der Waals surface area contributed by atoms with E-state index in [1.54, 1.807) is 12.1 Å². The van der Waals surface area contributed by atoms with Gasteiger partial charge in [-0.05, 0) is 6.07 Å². The minimum atomic E-state index is -0.853. The molecular formula is C7H4N4O2. The number of fused-ring (bicyclic) bond motifs is 1. The predicted octanol–water partition coefficient (Wildman–Crippen LogP) is -0.798. The number of hydrogen-bond acceptors (Lipinski definition) is 3. The maximum absolute atomic E-state index is 11.1. The molecule has 0 aliphatic heterocycles. The second kappa shape index (κ2) is 2.44. The summed E-state index contributed by atoms with van der Waals surface area (Å²) in [6.45, 7) is 0. The number of hydrogen-bond donors (Lipinski definition) is 0. The van der Waals surface area contributed by atoms with Crippen molar-refractivity contribution in [2.24, 2.45) is 0 Å². The van der Waals surface area contributed by atoms with Gasteiger partial charge in [-0.15, -0.1) is 0 Å². The number of nitrogens with zero attached hydrogens (tertiary/aromatic N) is 4. The molecule has 0 fully saturated rings. The molecule has 0 unspecified atom stereocenters. The van der Waals surface area contributed by atoms with Crippen molar-refractivity contribution in [2.45, 2.75) is 0 Å². The van der Waals surface area contributed by atoms with Crippen LogP contribution in [0.25, 0.3) is 11.0 Å². The summed E-state index contributed by atoms with van der Waals surface area (Å²) in [5, 5.41) is 25.2. The summed E-state index contributed by atoms with van der Waals surface area (Å²) in [6, 6.07) is 6.08. The largest absolute Gasteiger partial charge is 0.739 e. The zero-order valence-corrected chi connectivity index (χ0v) is 6.41. The quantitative estimate of drug-likeness (QED) is 0.388. The molecule has 6 nitrogen and oxygen atoms in total. The van der Waals surface area contributed by atoms with Crippen molar-refractivity contribution in [3.63, 3.8) is 0 Å². The second-order valence-electron chi connectivity index (χ2n) is 2.46. The fourth-order valence-corrected chi connectivity index (χ4v) is 1.08. The molecule has 0 spiro atoms. The first-order valence-electron chi connectivity index (χ1n) is 3.51. The lowest BCUT2D eigenvalue weighted by atomic mass is 10.3. The highest BCUT2D eigenvalue weighted by molar-refractivity contribution is 5.67. The molecule has 2 rings (SSSR count). The van der Waals surface area contributed by atoms with Crippen molar-refractivity contribution in [3.05, 3.63) is 34.7 Å². The zero-order valence-electron chi connectivity index (χ0n) is 6.41. The Morgan fingerprint density at radius 2 is 1.77 bits per heavy atom. The summed E-state index contributed by atoms with van der Waals surface area (Å²) >= 11 is 0. The number of para-hydroxylation sites is 2. The van der Waals surface area contributed by atoms with E-state index in [-0.39, 0.29) is 20.6 Å². The van der Waals surface area contributed by atoms with Crippen LogP contribution in [0.3, 0.4) is 0 Å². The van der Waals surface area contributed by atoms with Crippen LogP contribution in [0.2, 0.25) is 0 Å². The van der Waals surface area contributed by atoms with Crippen molar-refractivity contribution in [1.82, 2.24) is 10.8 Å². The fourth-order valence-electron chi connectivity index (χ4n) is 1.08. The first kappa shape index (κ1) is 7.53. The van der Waals surface area contributed by atoms with Crippen molar-refractivity contribution in [2.75, 3.05) is 0 Å². The lowest BCUT2D eigenvalue weighted by Gasteiger charge is -2.03. The van der Waals surface area contributed by atoms with Crippen molar-refractivity contribution in [1.29, 1.82) is 0 Å². The molecule has 1 heterocycles. The maximum Gasteiger partial charge on any atom is 0.537 e. The van der Waals surface area contributed by atoms with Crippen molar-refractivity contribution in [3.8, 4) is 0 Å². The van der Waals surface area contributed by atoms with Gasteiger partial charge in [0, 0.05) is 10.9 Å². The van der Waals surface area contributed by atoms with Crippen LogP contribution in [0.5, 0.6) is 0 Å². The van der Waals surface area contributed by atoms with Gasteiger partial charge in [-0.2, -0.15) is 0 Å². The molecule has 0 atom stereocenters. The molecule has 0 aliphatic rings. The van der Waals surface area contributed by atoms with E-state index < -0.39 is 5.95 Å². The molecule has 0 amide bonds. The molecule has 0 N–H and O–H groups in total. The Kier molecular flexibility index (Phi) is 1.42. The van der Waals surface area contributed by atoms with Gasteiger partial charge < -0.3 is 10.4 Å². The van der Waals surface area contributed by atoms with E-state index in [2.05, 4.69) is 5.10 Å². The van der Waals surface area contributed by atoms with Crippen LogP contribution in [0, 0.1) is 10.4 Å². The van der Waals surface area contributed by atoms with Crippen LogP contribution in [0.1, 0.15) is 0 Å². The van der Waals surface area contributed by atoms with Gasteiger partial charge in [0.1, 0.15) is 5.73 Å². The van der Waals surface area contributed by atoms with E-state index in [0.717, 1.165) is 0 Å². The molecule has 0 saturated heterocycles. The highest BCUT2D eigenvalue weighted by Gasteiger charge is 2.18.